The molecular weight excluding hydrogens is 1350 g/mol. The average molecular weight is 1430 g/mol. The summed E-state index contributed by atoms with van der Waals surface area (Å²) in [5.41, 5.74) is 9.19. The first-order valence-corrected chi connectivity index (χ1v) is 40.0. The first-order chi connectivity index (χ1) is 47.8. The molecule has 5 aliphatic heterocycles. The Bertz CT molecular complexity index is 4520. The van der Waals surface area contributed by atoms with Crippen LogP contribution in [0.2, 0.25) is 10.0 Å². The maximum absolute atomic E-state index is 14.3. The molecule has 0 bridgehead atoms. The van der Waals surface area contributed by atoms with Crippen molar-refractivity contribution in [3.63, 3.8) is 0 Å². The normalized spacial score (nSPS) is 18.1. The van der Waals surface area contributed by atoms with Gasteiger partial charge in [-0.3, -0.25) is 34.3 Å². The first kappa shape index (κ1) is 71.3. The van der Waals surface area contributed by atoms with E-state index in [0.717, 1.165) is 97.7 Å². The van der Waals surface area contributed by atoms with Gasteiger partial charge in [0.1, 0.15) is 47.7 Å². The molecule has 2 unspecified atom stereocenters. The minimum Gasteiger partial charge on any atom is -0.494 e. The van der Waals surface area contributed by atoms with Gasteiger partial charge in [0.2, 0.25) is 23.7 Å². The second kappa shape index (κ2) is 29.6. The van der Waals surface area contributed by atoms with Crippen LogP contribution in [0.3, 0.4) is 0 Å². The highest BCUT2D eigenvalue weighted by Crippen LogP contribution is 2.45. The van der Waals surface area contributed by atoms with Gasteiger partial charge < -0.3 is 54.6 Å². The predicted octanol–water partition coefficient (Wildman–Crippen LogP) is 11.9. The van der Waals surface area contributed by atoms with Crippen LogP contribution in [0.5, 0.6) is 11.5 Å². The molecule has 3 amide bonds. The summed E-state index contributed by atoms with van der Waals surface area (Å²) in [6, 6.07) is 26.5. The van der Waals surface area contributed by atoms with Crippen LogP contribution in [0.25, 0.3) is 0 Å². The largest absolute Gasteiger partial charge is 0.494 e. The van der Waals surface area contributed by atoms with Crippen LogP contribution in [-0.4, -0.2) is 169 Å². The highest BCUT2D eigenvalue weighted by Gasteiger charge is 2.41. The van der Waals surface area contributed by atoms with Gasteiger partial charge in [-0.2, -0.15) is 9.97 Å². The zero-order chi connectivity index (χ0) is 70.9. The van der Waals surface area contributed by atoms with E-state index in [1.165, 1.54) is 12.4 Å². The summed E-state index contributed by atoms with van der Waals surface area (Å²) in [7, 11) is -2.39. The standard InChI is InChI=1S/C74H86Cl2N14O8P2/c1-11-45-36-57(63(97-5)39-60(45)87-29-25-49(26-30-87)86-32-34-89(35-33-86)74(3,4)28-24-47-16-15-17-50-51(47)44-90(71(50)94)59-22-23-67(92)83-70(59)93)81-73-78-42-54(76)69(85-73)80-56-21-20-48(38-66(56)100(9,10)96)52-43-88(31-27-62(52)91)61-40-64(98-6)58(37-46(61)12-2)82-72-77-41-53(75)68(84-72)79-55-18-13-14-19-65(55)99(7,8)95/h13-21,36-42,49,52,59H,11-12,22-23,25-27,29-35,43-44H2,1-10H3,(H,83,92,93)(H2,77,79,82,84)(H2,78,80,81,85). The molecule has 2 atom stereocenters. The lowest BCUT2D eigenvalue weighted by molar-refractivity contribution is -0.137. The van der Waals surface area contributed by atoms with E-state index >= 15 is 0 Å². The molecule has 2 aromatic heterocycles. The molecule has 0 spiro atoms. The molecule has 0 aliphatic carbocycles. The van der Waals surface area contributed by atoms with Gasteiger partial charge in [0.05, 0.1) is 60.8 Å². The summed E-state index contributed by atoms with van der Waals surface area (Å²) in [6.45, 7) is 21.9. The number of fused-ring (bicyclic) bond motifs is 1. The monoisotopic (exact) mass is 1430 g/mol. The topological polar surface area (TPSA) is 249 Å². The molecule has 12 rings (SSSR count). The Kier molecular flexibility index (Phi) is 21.1. The maximum Gasteiger partial charge on any atom is 0.255 e. The van der Waals surface area contributed by atoms with Crippen LogP contribution in [-0.2, 0) is 42.9 Å². The molecule has 26 heteroatoms. The van der Waals surface area contributed by atoms with Crippen LogP contribution in [0.1, 0.15) is 104 Å². The summed E-state index contributed by atoms with van der Waals surface area (Å²) in [4.78, 5) is 82.0. The molecule has 5 aliphatic rings. The van der Waals surface area contributed by atoms with Gasteiger partial charge >= 0.3 is 0 Å². The van der Waals surface area contributed by atoms with Crippen LogP contribution >= 0.6 is 37.5 Å². The Morgan fingerprint density at radius 1 is 0.650 bits per heavy atom. The number of piperazine rings is 1. The Hall–Kier alpha value is -8.54. The Morgan fingerprint density at radius 2 is 1.24 bits per heavy atom. The van der Waals surface area contributed by atoms with Crippen molar-refractivity contribution in [2.75, 3.05) is 124 Å². The lowest BCUT2D eigenvalue weighted by Gasteiger charge is -2.46. The number of Topliss-reactive ketones (excluding diaryl/α,β-unsaturated/α-hetero) is 1. The van der Waals surface area contributed by atoms with Gasteiger partial charge in [0.15, 0.2) is 11.6 Å². The van der Waals surface area contributed by atoms with Crippen molar-refractivity contribution in [1.29, 1.82) is 0 Å². The molecular formula is C74H86Cl2N14O8P2. The number of carbonyl (C=O) groups is 4. The molecule has 4 saturated heterocycles. The zero-order valence-electron chi connectivity index (χ0n) is 58.2. The lowest BCUT2D eigenvalue weighted by atomic mass is 9.88. The molecule has 0 radical (unpaired) electrons. The maximum atomic E-state index is 14.3. The first-order valence-electron chi connectivity index (χ1n) is 34.0. The lowest BCUT2D eigenvalue weighted by Crippen LogP contribution is -2.57. The van der Waals surface area contributed by atoms with Crippen molar-refractivity contribution in [3.8, 4) is 23.3 Å². The van der Waals surface area contributed by atoms with Gasteiger partial charge in [-0.15, -0.1) is 0 Å². The fourth-order valence-corrected chi connectivity index (χ4v) is 16.9. The SMILES string of the molecule is CCc1cc(Nc2ncc(Cl)c(Nc3ccc(C4CN(c5cc(OC)c(Nc6ncc(Cl)c(Nc7ccccc7P(C)(C)=O)n6)cc5CC)CCC4=O)cc3P(C)(C)=O)n2)c(OC)cc1N1CCC(N2CCN(C(C)(C)C#Cc3cccc4c3CN(C3CCC(=O)NC3=O)C4=O)CC2)CC1. The van der Waals surface area contributed by atoms with Gasteiger partial charge in [-0.25, -0.2) is 9.97 Å². The number of amides is 3. The number of rotatable bonds is 20. The highest BCUT2D eigenvalue weighted by molar-refractivity contribution is 7.70. The van der Waals surface area contributed by atoms with E-state index in [4.69, 9.17) is 42.6 Å². The summed E-state index contributed by atoms with van der Waals surface area (Å²) < 4.78 is 39.5. The van der Waals surface area contributed by atoms with Crippen LogP contribution in [0, 0.1) is 11.8 Å². The second-order valence-corrected chi connectivity index (χ2v) is 34.5. The second-order valence-electron chi connectivity index (χ2n) is 27.3. The number of carbonyl (C=O) groups excluding carboxylic acids is 4. The predicted molar refractivity (Wildman–Crippen MR) is 399 cm³/mol. The molecule has 22 nitrogen and oxygen atoms in total. The van der Waals surface area contributed by atoms with E-state index in [2.05, 4.69) is 108 Å². The van der Waals surface area contributed by atoms with Crippen molar-refractivity contribution in [3.05, 3.63) is 141 Å². The fraction of sp³-hybridized carbons (Fsp3) is 0.405. The number of aryl methyl sites for hydroxylation is 2. The summed E-state index contributed by atoms with van der Waals surface area (Å²) in [6.07, 6.45) is 7.31. The molecule has 7 heterocycles. The van der Waals surface area contributed by atoms with Crippen molar-refractivity contribution < 1.29 is 37.8 Å². The molecule has 5 N–H and O–H groups in total. The third-order valence-corrected chi connectivity index (χ3v) is 23.4. The van der Waals surface area contributed by atoms with Crippen molar-refractivity contribution in [1.82, 2.24) is 40.0 Å². The Labute approximate surface area is 594 Å². The number of nitrogens with one attached hydrogen (secondary N) is 5. The number of ether oxygens (including phenoxy) is 2. The van der Waals surface area contributed by atoms with Gasteiger partial charge in [-0.05, 0) is 143 Å². The molecule has 0 saturated carbocycles. The summed E-state index contributed by atoms with van der Waals surface area (Å²) in [5, 5.41) is 17.5. The molecule has 100 heavy (non-hydrogen) atoms. The smallest absolute Gasteiger partial charge is 0.255 e. The van der Waals surface area contributed by atoms with Gasteiger partial charge in [-0.1, -0.05) is 73.2 Å². The third-order valence-electron chi connectivity index (χ3n) is 19.8. The number of para-hydroxylation sites is 1. The van der Waals surface area contributed by atoms with Gasteiger partial charge in [0, 0.05) is 123 Å². The van der Waals surface area contributed by atoms with E-state index in [0.29, 0.717) is 100 Å². The van der Waals surface area contributed by atoms with Crippen molar-refractivity contribution in [2.45, 2.75) is 103 Å². The fourth-order valence-electron chi connectivity index (χ4n) is 14.3. The van der Waals surface area contributed by atoms with Gasteiger partial charge in [0.25, 0.3) is 5.91 Å². The molecule has 7 aromatic rings. The third kappa shape index (κ3) is 15.4. The number of halogens is 2. The quantitative estimate of drug-likeness (QED) is 0.0270. The van der Waals surface area contributed by atoms with E-state index in [9.17, 15) is 28.3 Å². The number of imide groups is 1. The number of anilines is 10. The number of hydrogen-bond acceptors (Lipinski definition) is 20. The minimum atomic E-state index is -3.01. The van der Waals surface area contributed by atoms with Crippen LogP contribution in [0.15, 0.2) is 97.3 Å². The van der Waals surface area contributed by atoms with E-state index in [1.807, 2.05) is 66.7 Å². The summed E-state index contributed by atoms with van der Waals surface area (Å²) in [5.74, 6) is 7.93. The van der Waals surface area contributed by atoms with Crippen molar-refractivity contribution >= 4 is 129 Å². The number of piperidine rings is 3. The van der Waals surface area contributed by atoms with Crippen LogP contribution in [0.4, 0.5) is 57.7 Å². The minimum absolute atomic E-state index is 0.0841. The van der Waals surface area contributed by atoms with E-state index in [1.54, 1.807) is 51.8 Å². The van der Waals surface area contributed by atoms with E-state index < -0.39 is 37.7 Å². The Balaban J connectivity index is 0.680. The zero-order valence-corrected chi connectivity index (χ0v) is 61.5. The molecule has 4 fully saturated rings. The number of methoxy groups -OCH3 is 2. The number of benzene rings is 5. The Morgan fingerprint density at radius 3 is 1.82 bits per heavy atom. The highest BCUT2D eigenvalue weighted by atomic mass is 35.5. The van der Waals surface area contributed by atoms with Crippen LogP contribution < -0.4 is 56.5 Å². The summed E-state index contributed by atoms with van der Waals surface area (Å²) >= 11 is 13.5. The molecule has 5 aromatic carbocycles. The number of aromatic nitrogens is 4. The average Bonchev–Trinajstić information content (AvgIpc) is 1.36. The number of hydrogen-bond donors (Lipinski definition) is 5. The number of nitrogens with zero attached hydrogens (tertiary/aromatic N) is 9. The molecule has 524 valence electrons. The van der Waals surface area contributed by atoms with Crippen molar-refractivity contribution in [2.24, 2.45) is 0 Å². The number of ketones is 1. The van der Waals surface area contributed by atoms with E-state index in [-0.39, 0.29) is 52.5 Å².